The summed E-state index contributed by atoms with van der Waals surface area (Å²) >= 11 is 0. The molecule has 3 aromatic rings. The average Bonchev–Trinajstić information content (AvgIpc) is 2.81. The van der Waals surface area contributed by atoms with E-state index in [-0.39, 0.29) is 5.69 Å². The normalized spacial score (nSPS) is 11.2. The van der Waals surface area contributed by atoms with E-state index in [9.17, 15) is 4.79 Å². The van der Waals surface area contributed by atoms with Crippen molar-refractivity contribution in [3.05, 3.63) is 52.2 Å². The first-order chi connectivity index (χ1) is 8.65. The lowest BCUT2D eigenvalue weighted by atomic mass is 10.3. The van der Waals surface area contributed by atoms with Crippen molar-refractivity contribution in [1.82, 2.24) is 19.3 Å². The highest BCUT2D eigenvalue weighted by molar-refractivity contribution is 5.74. The van der Waals surface area contributed by atoms with Gasteiger partial charge >= 0.3 is 5.69 Å². The van der Waals surface area contributed by atoms with Gasteiger partial charge in [-0.1, -0.05) is 12.1 Å². The summed E-state index contributed by atoms with van der Waals surface area (Å²) in [5.74, 6) is 0. The molecule has 1 aromatic carbocycles. The van der Waals surface area contributed by atoms with Crippen LogP contribution in [0.5, 0.6) is 0 Å². The van der Waals surface area contributed by atoms with Gasteiger partial charge in [-0.05, 0) is 25.1 Å². The van der Waals surface area contributed by atoms with Crippen LogP contribution in [0, 0.1) is 6.92 Å². The Labute approximate surface area is 104 Å². The number of aryl methyl sites for hydroxylation is 2. The number of hydrogen-bond donors (Lipinski definition) is 1. The van der Waals surface area contributed by atoms with Crippen molar-refractivity contribution >= 4 is 11.0 Å². The van der Waals surface area contributed by atoms with Crippen LogP contribution in [0.15, 0.2) is 35.1 Å². The second-order valence-electron chi connectivity index (χ2n) is 4.43. The molecule has 0 aliphatic carbocycles. The summed E-state index contributed by atoms with van der Waals surface area (Å²) in [5.41, 5.74) is 3.66. The molecule has 0 unspecified atom stereocenters. The summed E-state index contributed by atoms with van der Waals surface area (Å²) in [4.78, 5) is 14.8. The maximum atomic E-state index is 11.9. The summed E-state index contributed by atoms with van der Waals surface area (Å²) < 4.78 is 3.54. The number of aromatic nitrogens is 4. The quantitative estimate of drug-likeness (QED) is 0.739. The number of nitrogens with zero attached hydrogens (tertiary/aromatic N) is 3. The minimum absolute atomic E-state index is 0.0879. The maximum absolute atomic E-state index is 11.9. The predicted octanol–water partition coefficient (Wildman–Crippen LogP) is 1.42. The van der Waals surface area contributed by atoms with Crippen LogP contribution < -0.4 is 5.69 Å². The number of hydrogen-bond acceptors (Lipinski definition) is 2. The van der Waals surface area contributed by atoms with Crippen molar-refractivity contribution in [2.75, 3.05) is 0 Å². The molecule has 0 radical (unpaired) electrons. The molecule has 0 spiro atoms. The molecular weight excluding hydrogens is 228 g/mol. The van der Waals surface area contributed by atoms with Crippen molar-refractivity contribution in [2.24, 2.45) is 7.05 Å². The van der Waals surface area contributed by atoms with Gasteiger partial charge in [0.05, 0.1) is 29.0 Å². The molecule has 0 saturated heterocycles. The summed E-state index contributed by atoms with van der Waals surface area (Å²) in [7, 11) is 1.89. The molecule has 5 heteroatoms. The number of imidazole rings is 1. The van der Waals surface area contributed by atoms with Gasteiger partial charge in [-0.25, -0.2) is 4.79 Å². The van der Waals surface area contributed by atoms with Crippen LogP contribution in [0.4, 0.5) is 0 Å². The Bertz CT molecular complexity index is 763. The van der Waals surface area contributed by atoms with E-state index >= 15 is 0 Å². The third kappa shape index (κ3) is 1.64. The summed E-state index contributed by atoms with van der Waals surface area (Å²) in [6, 6.07) is 9.68. The fourth-order valence-corrected chi connectivity index (χ4v) is 2.24. The highest BCUT2D eigenvalue weighted by atomic mass is 16.1. The van der Waals surface area contributed by atoms with Gasteiger partial charge in [0, 0.05) is 7.05 Å². The topological polar surface area (TPSA) is 55.6 Å². The lowest BCUT2D eigenvalue weighted by Crippen LogP contribution is -2.18. The van der Waals surface area contributed by atoms with Crippen molar-refractivity contribution in [1.29, 1.82) is 0 Å². The Morgan fingerprint density at radius 1 is 1.33 bits per heavy atom. The zero-order valence-electron chi connectivity index (χ0n) is 10.3. The molecule has 3 rings (SSSR count). The van der Waals surface area contributed by atoms with Gasteiger partial charge in [-0.2, -0.15) is 5.10 Å². The highest BCUT2D eigenvalue weighted by Gasteiger charge is 2.09. The van der Waals surface area contributed by atoms with Gasteiger partial charge in [-0.3, -0.25) is 9.25 Å². The Kier molecular flexibility index (Phi) is 2.33. The summed E-state index contributed by atoms with van der Waals surface area (Å²) in [5, 5.41) is 4.29. The minimum Gasteiger partial charge on any atom is -0.306 e. The monoisotopic (exact) mass is 242 g/mol. The van der Waals surface area contributed by atoms with Crippen LogP contribution >= 0.6 is 0 Å². The Balaban J connectivity index is 2.12. The second-order valence-corrected chi connectivity index (χ2v) is 4.43. The van der Waals surface area contributed by atoms with Crippen molar-refractivity contribution in [2.45, 2.75) is 13.5 Å². The van der Waals surface area contributed by atoms with E-state index in [1.165, 1.54) is 0 Å². The fourth-order valence-electron chi connectivity index (χ4n) is 2.24. The lowest BCUT2D eigenvalue weighted by Gasteiger charge is -2.03. The highest BCUT2D eigenvalue weighted by Crippen LogP contribution is 2.11. The molecule has 0 bridgehead atoms. The van der Waals surface area contributed by atoms with E-state index in [0.29, 0.717) is 6.54 Å². The summed E-state index contributed by atoms with van der Waals surface area (Å²) in [6.45, 7) is 2.47. The second kappa shape index (κ2) is 3.87. The van der Waals surface area contributed by atoms with Gasteiger partial charge in [0.1, 0.15) is 0 Å². The Morgan fingerprint density at radius 3 is 2.83 bits per heavy atom. The standard InChI is InChI=1S/C13H14N4O/c1-9-7-10(16(2)15-9)8-17-12-6-4-3-5-11(12)14-13(17)18/h3-7H,8H2,1-2H3,(H,14,18). The van der Waals surface area contributed by atoms with Crippen LogP contribution in [0.1, 0.15) is 11.4 Å². The van der Waals surface area contributed by atoms with E-state index < -0.39 is 0 Å². The number of fused-ring (bicyclic) bond motifs is 1. The predicted molar refractivity (Wildman–Crippen MR) is 69.6 cm³/mol. The third-order valence-electron chi connectivity index (χ3n) is 3.10. The van der Waals surface area contributed by atoms with E-state index in [0.717, 1.165) is 22.4 Å². The number of H-pyrrole nitrogens is 1. The van der Waals surface area contributed by atoms with Gasteiger partial charge in [0.15, 0.2) is 0 Å². The molecule has 1 N–H and O–H groups in total. The molecule has 92 valence electrons. The Morgan fingerprint density at radius 2 is 2.11 bits per heavy atom. The van der Waals surface area contributed by atoms with E-state index in [4.69, 9.17) is 0 Å². The van der Waals surface area contributed by atoms with Crippen molar-refractivity contribution in [3.8, 4) is 0 Å². The molecule has 0 aliphatic rings. The number of rotatable bonds is 2. The summed E-state index contributed by atoms with van der Waals surface area (Å²) in [6.07, 6.45) is 0. The van der Waals surface area contributed by atoms with Gasteiger partial charge < -0.3 is 4.98 Å². The van der Waals surface area contributed by atoms with Gasteiger partial charge in [0.2, 0.25) is 0 Å². The SMILES string of the molecule is Cc1cc(Cn2c(=O)[nH]c3ccccc32)n(C)n1. The number of para-hydroxylation sites is 2. The molecular formula is C13H14N4O. The van der Waals surface area contributed by atoms with Crippen LogP contribution in [0.3, 0.4) is 0 Å². The maximum Gasteiger partial charge on any atom is 0.326 e. The molecule has 2 heterocycles. The van der Waals surface area contributed by atoms with E-state index in [2.05, 4.69) is 10.1 Å². The van der Waals surface area contributed by atoms with Crippen molar-refractivity contribution < 1.29 is 0 Å². The first-order valence-electron chi connectivity index (χ1n) is 5.82. The molecule has 0 fully saturated rings. The number of benzene rings is 1. The van der Waals surface area contributed by atoms with E-state index in [1.807, 2.05) is 49.0 Å². The molecule has 0 saturated carbocycles. The molecule has 0 aliphatic heterocycles. The number of nitrogens with one attached hydrogen (secondary N) is 1. The zero-order chi connectivity index (χ0) is 12.7. The third-order valence-corrected chi connectivity index (χ3v) is 3.10. The molecule has 5 nitrogen and oxygen atoms in total. The smallest absolute Gasteiger partial charge is 0.306 e. The largest absolute Gasteiger partial charge is 0.326 e. The number of aromatic amines is 1. The fraction of sp³-hybridized carbons (Fsp3) is 0.231. The lowest BCUT2D eigenvalue weighted by molar-refractivity contribution is 0.661. The van der Waals surface area contributed by atoms with Gasteiger partial charge in [-0.15, -0.1) is 0 Å². The van der Waals surface area contributed by atoms with E-state index in [1.54, 1.807) is 4.57 Å². The van der Waals surface area contributed by atoms with Crippen LogP contribution in [0.25, 0.3) is 11.0 Å². The van der Waals surface area contributed by atoms with Crippen molar-refractivity contribution in [3.63, 3.8) is 0 Å². The minimum atomic E-state index is -0.0879. The zero-order valence-corrected chi connectivity index (χ0v) is 10.3. The first kappa shape index (κ1) is 10.8. The molecule has 2 aromatic heterocycles. The Hall–Kier alpha value is -2.30. The average molecular weight is 242 g/mol. The van der Waals surface area contributed by atoms with Crippen LogP contribution in [0.2, 0.25) is 0 Å². The molecule has 18 heavy (non-hydrogen) atoms. The molecule has 0 amide bonds. The molecule has 0 atom stereocenters. The van der Waals surface area contributed by atoms with Crippen LogP contribution in [-0.4, -0.2) is 19.3 Å². The first-order valence-corrected chi connectivity index (χ1v) is 5.82. The van der Waals surface area contributed by atoms with Gasteiger partial charge in [0.25, 0.3) is 0 Å². The van der Waals surface area contributed by atoms with Crippen LogP contribution in [-0.2, 0) is 13.6 Å².